The van der Waals surface area contributed by atoms with Crippen molar-refractivity contribution in [3.8, 4) is 0 Å². The first-order valence-corrected chi connectivity index (χ1v) is 5.83. The Bertz CT molecular complexity index is 258. The van der Waals surface area contributed by atoms with E-state index >= 15 is 0 Å². The lowest BCUT2D eigenvalue weighted by atomic mass is 10.1. The van der Waals surface area contributed by atoms with Crippen LogP contribution >= 0.6 is 0 Å². The van der Waals surface area contributed by atoms with Gasteiger partial charge in [0.15, 0.2) is 0 Å². The van der Waals surface area contributed by atoms with Gasteiger partial charge in [0.05, 0.1) is 5.60 Å². The predicted octanol–water partition coefficient (Wildman–Crippen LogP) is 1.42. The minimum Gasteiger partial charge on any atom is -0.481 e. The number of ether oxygens (including phenoxy) is 1. The van der Waals surface area contributed by atoms with Gasteiger partial charge in [-0.2, -0.15) is 0 Å². The van der Waals surface area contributed by atoms with E-state index in [1.165, 1.54) is 0 Å². The second-order valence-electron chi connectivity index (χ2n) is 5.24. The molecular weight excluding hydrogens is 222 g/mol. The Morgan fingerprint density at radius 1 is 1.35 bits per heavy atom. The van der Waals surface area contributed by atoms with Crippen LogP contribution in [0.4, 0.5) is 0 Å². The number of carbonyl (C=O) groups excluding carboxylic acids is 1. The Morgan fingerprint density at radius 2 is 1.94 bits per heavy atom. The average Bonchev–Trinajstić information content (AvgIpc) is 2.19. The van der Waals surface area contributed by atoms with Gasteiger partial charge in [0, 0.05) is 13.0 Å². The SMILES string of the molecule is CC(CCC(=O)O)CNC(=O)COC(C)(C)C. The van der Waals surface area contributed by atoms with Gasteiger partial charge in [0.1, 0.15) is 6.61 Å². The molecule has 0 fully saturated rings. The molecular formula is C12H23NO4. The maximum Gasteiger partial charge on any atom is 0.303 e. The van der Waals surface area contributed by atoms with Gasteiger partial charge in [0.25, 0.3) is 0 Å². The zero-order chi connectivity index (χ0) is 13.5. The van der Waals surface area contributed by atoms with Crippen LogP contribution in [-0.4, -0.2) is 35.7 Å². The van der Waals surface area contributed by atoms with Crippen molar-refractivity contribution in [3.63, 3.8) is 0 Å². The number of carboxylic acid groups (broad SMARTS) is 1. The van der Waals surface area contributed by atoms with Crippen molar-refractivity contribution in [2.24, 2.45) is 5.92 Å². The van der Waals surface area contributed by atoms with Crippen LogP contribution in [0.15, 0.2) is 0 Å². The van der Waals surface area contributed by atoms with Gasteiger partial charge >= 0.3 is 5.97 Å². The smallest absolute Gasteiger partial charge is 0.303 e. The highest BCUT2D eigenvalue weighted by Gasteiger charge is 2.13. The molecule has 2 N–H and O–H groups in total. The number of nitrogens with one attached hydrogen (secondary N) is 1. The number of carbonyl (C=O) groups is 2. The standard InChI is InChI=1S/C12H23NO4/c1-9(5-6-11(15)16)7-13-10(14)8-17-12(2,3)4/h9H,5-8H2,1-4H3,(H,13,14)(H,15,16). The monoisotopic (exact) mass is 245 g/mol. The maximum absolute atomic E-state index is 11.4. The zero-order valence-corrected chi connectivity index (χ0v) is 11.1. The molecule has 0 aliphatic rings. The molecule has 0 aromatic carbocycles. The van der Waals surface area contributed by atoms with Gasteiger partial charge in [-0.15, -0.1) is 0 Å². The summed E-state index contributed by atoms with van der Waals surface area (Å²) in [5.74, 6) is -0.814. The fraction of sp³-hybridized carbons (Fsp3) is 0.833. The predicted molar refractivity (Wildman–Crippen MR) is 64.7 cm³/mol. The van der Waals surface area contributed by atoms with Crippen molar-refractivity contribution >= 4 is 11.9 Å². The minimum absolute atomic E-state index is 0.0369. The molecule has 0 saturated heterocycles. The van der Waals surface area contributed by atoms with E-state index in [0.29, 0.717) is 13.0 Å². The number of aliphatic carboxylic acids is 1. The van der Waals surface area contributed by atoms with Crippen LogP contribution in [0.5, 0.6) is 0 Å². The third kappa shape index (κ3) is 11.2. The third-order valence-corrected chi connectivity index (χ3v) is 2.13. The number of rotatable bonds is 7. The summed E-state index contributed by atoms with van der Waals surface area (Å²) in [6.45, 7) is 8.09. The topological polar surface area (TPSA) is 75.6 Å². The molecule has 1 atom stereocenters. The van der Waals surface area contributed by atoms with Crippen LogP contribution in [0, 0.1) is 5.92 Å². The van der Waals surface area contributed by atoms with Crippen molar-refractivity contribution in [1.82, 2.24) is 5.32 Å². The van der Waals surface area contributed by atoms with E-state index in [9.17, 15) is 9.59 Å². The van der Waals surface area contributed by atoms with Crippen LogP contribution in [0.3, 0.4) is 0 Å². The largest absolute Gasteiger partial charge is 0.481 e. The summed E-state index contributed by atoms with van der Waals surface area (Å²) in [7, 11) is 0. The highest BCUT2D eigenvalue weighted by molar-refractivity contribution is 5.77. The summed E-state index contributed by atoms with van der Waals surface area (Å²) in [5, 5.41) is 11.2. The van der Waals surface area contributed by atoms with Gasteiger partial charge in [-0.3, -0.25) is 9.59 Å². The zero-order valence-electron chi connectivity index (χ0n) is 11.1. The number of carboxylic acids is 1. The lowest BCUT2D eigenvalue weighted by molar-refractivity contribution is -0.137. The quantitative estimate of drug-likeness (QED) is 0.711. The second-order valence-corrected chi connectivity index (χ2v) is 5.24. The molecule has 0 aliphatic carbocycles. The molecule has 0 rings (SSSR count). The second kappa shape index (κ2) is 7.27. The Labute approximate surface area is 103 Å². The highest BCUT2D eigenvalue weighted by Crippen LogP contribution is 2.06. The molecule has 0 spiro atoms. The Balaban J connectivity index is 3.66. The normalized spacial score (nSPS) is 13.2. The molecule has 0 aliphatic heterocycles. The molecule has 0 aromatic heterocycles. The molecule has 1 amide bonds. The van der Waals surface area contributed by atoms with Gasteiger partial charge in [0.2, 0.25) is 5.91 Å². The molecule has 17 heavy (non-hydrogen) atoms. The highest BCUT2D eigenvalue weighted by atomic mass is 16.5. The molecule has 0 saturated carbocycles. The van der Waals surface area contributed by atoms with E-state index in [0.717, 1.165) is 0 Å². The molecule has 0 aromatic rings. The lowest BCUT2D eigenvalue weighted by Crippen LogP contribution is -2.34. The van der Waals surface area contributed by atoms with Crippen molar-refractivity contribution in [2.75, 3.05) is 13.2 Å². The summed E-state index contributed by atoms with van der Waals surface area (Å²) in [4.78, 5) is 21.7. The van der Waals surface area contributed by atoms with Crippen molar-refractivity contribution < 1.29 is 19.4 Å². The Hall–Kier alpha value is -1.10. The summed E-state index contributed by atoms with van der Waals surface area (Å²) in [6, 6.07) is 0. The van der Waals surface area contributed by atoms with Gasteiger partial charge < -0.3 is 15.2 Å². The van der Waals surface area contributed by atoms with Gasteiger partial charge in [-0.1, -0.05) is 6.92 Å². The van der Waals surface area contributed by atoms with Gasteiger partial charge in [-0.25, -0.2) is 0 Å². The first kappa shape index (κ1) is 15.9. The van der Waals surface area contributed by atoms with E-state index in [2.05, 4.69) is 5.32 Å². The van der Waals surface area contributed by atoms with E-state index in [4.69, 9.17) is 9.84 Å². The van der Waals surface area contributed by atoms with Crippen molar-refractivity contribution in [2.45, 2.75) is 46.1 Å². The third-order valence-electron chi connectivity index (χ3n) is 2.13. The average molecular weight is 245 g/mol. The van der Waals surface area contributed by atoms with E-state index in [-0.39, 0.29) is 30.5 Å². The Morgan fingerprint density at radius 3 is 2.41 bits per heavy atom. The Kier molecular flexibility index (Phi) is 6.80. The van der Waals surface area contributed by atoms with Crippen LogP contribution < -0.4 is 5.32 Å². The fourth-order valence-electron chi connectivity index (χ4n) is 1.09. The van der Waals surface area contributed by atoms with E-state index in [1.807, 2.05) is 27.7 Å². The first-order chi connectivity index (χ1) is 7.70. The minimum atomic E-state index is -0.806. The molecule has 0 heterocycles. The summed E-state index contributed by atoms with van der Waals surface area (Å²) >= 11 is 0. The number of amides is 1. The van der Waals surface area contributed by atoms with E-state index < -0.39 is 5.97 Å². The fourth-order valence-corrected chi connectivity index (χ4v) is 1.09. The molecule has 0 bridgehead atoms. The molecule has 0 radical (unpaired) electrons. The molecule has 1 unspecified atom stereocenters. The van der Waals surface area contributed by atoms with Crippen LogP contribution in [0.25, 0.3) is 0 Å². The summed E-state index contributed by atoms with van der Waals surface area (Å²) < 4.78 is 5.32. The summed E-state index contributed by atoms with van der Waals surface area (Å²) in [6.07, 6.45) is 0.700. The molecule has 100 valence electrons. The lowest BCUT2D eigenvalue weighted by Gasteiger charge is -2.19. The first-order valence-electron chi connectivity index (χ1n) is 5.83. The van der Waals surface area contributed by atoms with Crippen LogP contribution in [0.2, 0.25) is 0 Å². The van der Waals surface area contributed by atoms with E-state index in [1.54, 1.807) is 0 Å². The van der Waals surface area contributed by atoms with Crippen LogP contribution in [0.1, 0.15) is 40.5 Å². The van der Waals surface area contributed by atoms with Gasteiger partial charge in [-0.05, 0) is 33.1 Å². The molecule has 5 heteroatoms. The number of hydrogen-bond acceptors (Lipinski definition) is 3. The van der Waals surface area contributed by atoms with Crippen LogP contribution in [-0.2, 0) is 14.3 Å². The summed E-state index contributed by atoms with van der Waals surface area (Å²) in [5.41, 5.74) is -0.327. The van der Waals surface area contributed by atoms with Crippen molar-refractivity contribution in [1.29, 1.82) is 0 Å². The molecule has 5 nitrogen and oxygen atoms in total. The maximum atomic E-state index is 11.4. The number of hydrogen-bond donors (Lipinski definition) is 2. The van der Waals surface area contributed by atoms with Crippen molar-refractivity contribution in [3.05, 3.63) is 0 Å².